The van der Waals surface area contributed by atoms with Gasteiger partial charge in [0, 0.05) is 75.9 Å². The Labute approximate surface area is 324 Å². The number of hydrogen-bond acceptors (Lipinski definition) is 10. The minimum absolute atomic E-state index is 0.0417. The van der Waals surface area contributed by atoms with Crippen molar-refractivity contribution in [3.63, 3.8) is 0 Å². The summed E-state index contributed by atoms with van der Waals surface area (Å²) in [7, 11) is 1.52. The van der Waals surface area contributed by atoms with E-state index in [-0.39, 0.29) is 29.0 Å². The second-order valence-corrected chi connectivity index (χ2v) is 13.6. The number of methoxy groups -OCH3 is 1. The van der Waals surface area contributed by atoms with Gasteiger partial charge in [-0.2, -0.15) is 4.98 Å². The first-order valence-electron chi connectivity index (χ1n) is 19.1. The first-order chi connectivity index (χ1) is 26.6. The van der Waals surface area contributed by atoms with Gasteiger partial charge in [0.2, 0.25) is 17.7 Å². The Bertz CT molecular complexity index is 1890. The molecule has 0 unspecified atom stereocenters. The van der Waals surface area contributed by atoms with Crippen LogP contribution in [-0.4, -0.2) is 103 Å². The minimum Gasteiger partial charge on any atom is -0.493 e. The van der Waals surface area contributed by atoms with Crippen LogP contribution in [0.4, 0.5) is 21.7 Å². The topological polar surface area (TPSA) is 121 Å². The van der Waals surface area contributed by atoms with Crippen LogP contribution in [0.2, 0.25) is 0 Å². The number of aryl methyl sites for hydroxylation is 3. The number of nitrogens with one attached hydrogen (secondary N) is 2. The van der Waals surface area contributed by atoms with Gasteiger partial charge >= 0.3 is 0 Å². The number of benzene rings is 3. The average molecular weight is 756 g/mol. The van der Waals surface area contributed by atoms with Crippen LogP contribution in [-0.2, 0) is 11.2 Å². The second-order valence-electron chi connectivity index (χ2n) is 13.6. The molecule has 2 N–H and O–H groups in total. The highest BCUT2D eigenvalue weighted by Crippen LogP contribution is 2.35. The Hall–Kier alpha value is -5.27. The van der Waals surface area contributed by atoms with Crippen molar-refractivity contribution in [3.05, 3.63) is 88.9 Å². The van der Waals surface area contributed by atoms with Gasteiger partial charge in [0.15, 0.2) is 23.1 Å². The Morgan fingerprint density at radius 2 is 1.58 bits per heavy atom. The second kappa shape index (κ2) is 19.9. The number of carbonyl (C=O) groups is 2. The predicted octanol–water partition coefficient (Wildman–Crippen LogP) is 7.24. The number of rotatable bonds is 18. The lowest BCUT2D eigenvalue weighted by molar-refractivity contribution is -0.130. The van der Waals surface area contributed by atoms with Crippen LogP contribution >= 0.6 is 0 Å². The van der Waals surface area contributed by atoms with Crippen LogP contribution in [0.15, 0.2) is 60.8 Å². The summed E-state index contributed by atoms with van der Waals surface area (Å²) in [5, 5.41) is 6.01. The maximum absolute atomic E-state index is 15.2. The molecule has 0 bridgehead atoms. The number of anilines is 3. The smallest absolute Gasteiger partial charge is 0.262 e. The molecule has 0 atom stereocenters. The summed E-state index contributed by atoms with van der Waals surface area (Å²) >= 11 is 0. The number of amides is 2. The lowest BCUT2D eigenvalue weighted by Gasteiger charge is -2.34. The predicted molar refractivity (Wildman–Crippen MR) is 214 cm³/mol. The van der Waals surface area contributed by atoms with Crippen molar-refractivity contribution in [2.24, 2.45) is 0 Å². The number of halogens is 1. The third kappa shape index (κ3) is 11.1. The van der Waals surface area contributed by atoms with Crippen LogP contribution in [0.5, 0.6) is 23.1 Å². The first-order valence-corrected chi connectivity index (χ1v) is 19.1. The summed E-state index contributed by atoms with van der Waals surface area (Å²) in [6, 6.07) is 15.7. The minimum atomic E-state index is -0.526. The molecule has 13 heteroatoms. The summed E-state index contributed by atoms with van der Waals surface area (Å²) in [4.78, 5) is 41.9. The highest BCUT2D eigenvalue weighted by Gasteiger charge is 2.22. The molecule has 1 aliphatic heterocycles. The molecular weight excluding hydrogens is 702 g/mol. The summed E-state index contributed by atoms with van der Waals surface area (Å²) in [5.74, 6) is -0.00652. The third-order valence-corrected chi connectivity index (χ3v) is 9.75. The van der Waals surface area contributed by atoms with Crippen molar-refractivity contribution in [1.29, 1.82) is 0 Å². The van der Waals surface area contributed by atoms with Crippen molar-refractivity contribution in [2.45, 2.75) is 53.9 Å². The molecule has 2 heterocycles. The molecule has 3 aromatic carbocycles. The highest BCUT2D eigenvalue weighted by atomic mass is 19.1. The van der Waals surface area contributed by atoms with Gasteiger partial charge in [-0.1, -0.05) is 31.2 Å². The SMILES string of the molecule is CCCN1CCN(CCOc2ccc(Nc3ncc(C(=O)Nc4c(C)cccc4C)c(Oc4ccc(CCC(=O)N(CC)CC)cc4OC)n3)cc2F)CC1. The number of nitrogens with zero attached hydrogens (tertiary/aromatic N) is 5. The van der Waals surface area contributed by atoms with Gasteiger partial charge in [-0.25, -0.2) is 9.37 Å². The average Bonchev–Trinajstić information content (AvgIpc) is 3.18. The Morgan fingerprint density at radius 3 is 2.24 bits per heavy atom. The van der Waals surface area contributed by atoms with E-state index in [9.17, 15) is 9.59 Å². The third-order valence-electron chi connectivity index (χ3n) is 9.75. The molecule has 4 aromatic rings. The Balaban J connectivity index is 1.32. The van der Waals surface area contributed by atoms with Crippen molar-refractivity contribution < 1.29 is 28.2 Å². The van der Waals surface area contributed by atoms with Crippen molar-refractivity contribution >= 4 is 29.1 Å². The molecule has 55 heavy (non-hydrogen) atoms. The molecule has 1 aromatic heterocycles. The molecule has 12 nitrogen and oxygen atoms in total. The van der Waals surface area contributed by atoms with Gasteiger partial charge in [0.25, 0.3) is 5.91 Å². The van der Waals surface area contributed by atoms with Gasteiger partial charge in [-0.05, 0) is 88.0 Å². The molecule has 0 aliphatic carbocycles. The molecule has 0 saturated carbocycles. The van der Waals surface area contributed by atoms with E-state index < -0.39 is 11.7 Å². The van der Waals surface area contributed by atoms with Gasteiger partial charge < -0.3 is 34.6 Å². The van der Waals surface area contributed by atoms with E-state index in [4.69, 9.17) is 14.2 Å². The maximum Gasteiger partial charge on any atom is 0.262 e. The zero-order valence-electron chi connectivity index (χ0n) is 32.9. The summed E-state index contributed by atoms with van der Waals surface area (Å²) in [6.45, 7) is 17.5. The van der Waals surface area contributed by atoms with Crippen molar-refractivity contribution in [3.8, 4) is 23.1 Å². The van der Waals surface area contributed by atoms with Gasteiger partial charge in [0.05, 0.1) is 7.11 Å². The monoisotopic (exact) mass is 755 g/mol. The van der Waals surface area contributed by atoms with Crippen LogP contribution in [0.25, 0.3) is 0 Å². The van der Waals surface area contributed by atoms with Crippen LogP contribution in [0, 0.1) is 19.7 Å². The van der Waals surface area contributed by atoms with E-state index in [1.165, 1.54) is 19.4 Å². The lowest BCUT2D eigenvalue weighted by atomic mass is 10.1. The number of aromatic nitrogens is 2. The van der Waals surface area contributed by atoms with E-state index in [1.54, 1.807) is 23.1 Å². The number of hydrogen-bond donors (Lipinski definition) is 2. The number of para-hydroxylation sites is 1. The quantitative estimate of drug-likeness (QED) is 0.108. The maximum atomic E-state index is 15.2. The summed E-state index contributed by atoms with van der Waals surface area (Å²) in [5.41, 5.74) is 3.82. The van der Waals surface area contributed by atoms with Gasteiger partial charge in [-0.3, -0.25) is 14.5 Å². The van der Waals surface area contributed by atoms with Crippen molar-refractivity contribution in [1.82, 2.24) is 24.7 Å². The van der Waals surface area contributed by atoms with Crippen LogP contribution in [0.3, 0.4) is 0 Å². The molecule has 294 valence electrons. The fourth-order valence-electron chi connectivity index (χ4n) is 6.56. The molecule has 1 aliphatic rings. The fraction of sp³-hybridized carbons (Fsp3) is 0.429. The van der Waals surface area contributed by atoms with E-state index in [1.807, 2.05) is 58.0 Å². The van der Waals surface area contributed by atoms with E-state index in [0.29, 0.717) is 55.4 Å². The zero-order valence-corrected chi connectivity index (χ0v) is 32.9. The molecule has 1 saturated heterocycles. The largest absolute Gasteiger partial charge is 0.493 e. The molecule has 5 rings (SSSR count). The number of ether oxygens (including phenoxy) is 3. The van der Waals surface area contributed by atoms with Crippen molar-refractivity contribution in [2.75, 3.05) is 76.7 Å². The normalized spacial score (nSPS) is 13.3. The number of carbonyl (C=O) groups excluding carboxylic acids is 2. The van der Waals surface area contributed by atoms with Gasteiger partial charge in [0.1, 0.15) is 12.2 Å². The van der Waals surface area contributed by atoms with Crippen LogP contribution < -0.4 is 24.8 Å². The molecule has 1 fully saturated rings. The van der Waals surface area contributed by atoms with E-state index >= 15 is 4.39 Å². The summed E-state index contributed by atoms with van der Waals surface area (Å²) < 4.78 is 33.0. The molecular formula is C42H54FN7O5. The molecule has 0 spiro atoms. The first kappa shape index (κ1) is 40.9. The molecule has 2 amide bonds. The number of piperazine rings is 1. The Morgan fingerprint density at radius 1 is 0.891 bits per heavy atom. The standard InChI is InChI=1S/C42H54FN7O5/c1-7-19-48-20-22-49(23-21-48)24-25-54-35-17-15-32(27-34(35)43)45-42-44-28-33(40(52)46-39-29(4)11-10-12-30(39)5)41(47-42)55-36-16-13-31(26-37(36)53-6)14-18-38(51)50(8-2)9-3/h10-13,15-17,26-28H,7-9,14,18-25H2,1-6H3,(H,46,52)(H,44,45,47). The summed E-state index contributed by atoms with van der Waals surface area (Å²) in [6.07, 6.45) is 3.40. The van der Waals surface area contributed by atoms with Gasteiger partial charge in [-0.15, -0.1) is 0 Å². The zero-order chi connectivity index (χ0) is 39.3. The van der Waals surface area contributed by atoms with E-state index in [2.05, 4.69) is 37.3 Å². The highest BCUT2D eigenvalue weighted by molar-refractivity contribution is 6.06. The lowest BCUT2D eigenvalue weighted by Crippen LogP contribution is -2.47. The van der Waals surface area contributed by atoms with Crippen LogP contribution in [0.1, 0.15) is 60.7 Å². The van der Waals surface area contributed by atoms with E-state index in [0.717, 1.165) is 62.4 Å². The Kier molecular flexibility index (Phi) is 14.8. The fourth-order valence-corrected chi connectivity index (χ4v) is 6.56. The molecule has 0 radical (unpaired) electrons.